The standard InChI is InChI=1S/C26H30N4O2/c1-3-19-31-29-23-15-11-9-13-21(23)27-25(29)17-7-5-6-8-18-26-28-22-14-10-12-16-24(22)30(26)32-20-4-2/h3-4,9-16H,1-2,5-8,17-20H2. The van der Waals surface area contributed by atoms with Crippen molar-refractivity contribution in [2.24, 2.45) is 0 Å². The van der Waals surface area contributed by atoms with E-state index in [0.29, 0.717) is 13.2 Å². The minimum absolute atomic E-state index is 0.461. The lowest BCUT2D eigenvalue weighted by Crippen LogP contribution is -2.15. The molecule has 2 heterocycles. The van der Waals surface area contributed by atoms with Crippen molar-refractivity contribution >= 4 is 22.1 Å². The Bertz CT molecular complexity index is 1100. The van der Waals surface area contributed by atoms with E-state index < -0.39 is 0 Å². The highest BCUT2D eigenvalue weighted by Gasteiger charge is 2.12. The Labute approximate surface area is 188 Å². The predicted octanol–water partition coefficient (Wildman–Crippen LogP) is 4.96. The van der Waals surface area contributed by atoms with Gasteiger partial charge in [0.2, 0.25) is 0 Å². The molecule has 0 radical (unpaired) electrons. The highest BCUT2D eigenvalue weighted by molar-refractivity contribution is 5.76. The number of benzene rings is 2. The number of aromatic nitrogens is 4. The summed E-state index contributed by atoms with van der Waals surface area (Å²) in [4.78, 5) is 21.2. The zero-order valence-electron chi connectivity index (χ0n) is 18.4. The van der Waals surface area contributed by atoms with Gasteiger partial charge in [-0.05, 0) is 37.1 Å². The van der Waals surface area contributed by atoms with E-state index in [1.54, 1.807) is 12.2 Å². The van der Waals surface area contributed by atoms with E-state index in [-0.39, 0.29) is 0 Å². The summed E-state index contributed by atoms with van der Waals surface area (Å²) in [5, 5.41) is 0. The minimum atomic E-state index is 0.461. The van der Waals surface area contributed by atoms with Crippen LogP contribution in [0.2, 0.25) is 0 Å². The average Bonchev–Trinajstić information content (AvgIpc) is 3.35. The van der Waals surface area contributed by atoms with E-state index in [0.717, 1.165) is 72.2 Å². The maximum Gasteiger partial charge on any atom is 0.146 e. The van der Waals surface area contributed by atoms with E-state index in [1.165, 1.54) is 0 Å². The minimum Gasteiger partial charge on any atom is -0.408 e. The van der Waals surface area contributed by atoms with Crippen LogP contribution in [0, 0.1) is 0 Å². The van der Waals surface area contributed by atoms with Gasteiger partial charge < -0.3 is 9.68 Å². The van der Waals surface area contributed by atoms with Crippen LogP contribution in [0.25, 0.3) is 22.1 Å². The van der Waals surface area contributed by atoms with Crippen molar-refractivity contribution in [3.8, 4) is 0 Å². The lowest BCUT2D eigenvalue weighted by molar-refractivity contribution is 0.136. The van der Waals surface area contributed by atoms with E-state index in [9.17, 15) is 0 Å². The number of para-hydroxylation sites is 4. The number of hydrogen-bond acceptors (Lipinski definition) is 4. The van der Waals surface area contributed by atoms with Crippen LogP contribution in [0.4, 0.5) is 0 Å². The third-order valence-corrected chi connectivity index (χ3v) is 5.36. The molecule has 0 saturated carbocycles. The predicted molar refractivity (Wildman–Crippen MR) is 129 cm³/mol. The molecule has 0 aliphatic carbocycles. The molecule has 6 heteroatoms. The van der Waals surface area contributed by atoms with E-state index >= 15 is 0 Å². The molecule has 0 amide bonds. The van der Waals surface area contributed by atoms with Gasteiger partial charge in [-0.1, -0.05) is 62.4 Å². The van der Waals surface area contributed by atoms with Crippen LogP contribution in [0.15, 0.2) is 73.8 Å². The van der Waals surface area contributed by atoms with Crippen LogP contribution in [0.5, 0.6) is 0 Å². The first-order valence-electron chi connectivity index (χ1n) is 11.2. The molecule has 6 nitrogen and oxygen atoms in total. The maximum absolute atomic E-state index is 5.85. The smallest absolute Gasteiger partial charge is 0.146 e. The van der Waals surface area contributed by atoms with Crippen LogP contribution < -0.4 is 9.68 Å². The Kier molecular flexibility index (Phi) is 7.23. The summed E-state index contributed by atoms with van der Waals surface area (Å²) in [5.41, 5.74) is 3.93. The topological polar surface area (TPSA) is 54.1 Å². The number of rotatable bonds is 13. The lowest BCUT2D eigenvalue weighted by atomic mass is 10.1. The molecule has 0 atom stereocenters. The van der Waals surface area contributed by atoms with Crippen LogP contribution in [-0.4, -0.2) is 32.6 Å². The molecule has 0 N–H and O–H groups in total. The summed E-state index contributed by atoms with van der Waals surface area (Å²) in [6.45, 7) is 8.42. The number of imidazole rings is 2. The first-order chi connectivity index (χ1) is 15.8. The van der Waals surface area contributed by atoms with Crippen LogP contribution in [-0.2, 0) is 12.8 Å². The van der Waals surface area contributed by atoms with Crippen LogP contribution >= 0.6 is 0 Å². The van der Waals surface area contributed by atoms with Crippen molar-refractivity contribution in [1.82, 2.24) is 19.4 Å². The second kappa shape index (κ2) is 10.7. The van der Waals surface area contributed by atoms with Gasteiger partial charge in [-0.2, -0.15) is 9.46 Å². The Hall–Kier alpha value is -3.54. The molecule has 2 aromatic heterocycles. The summed E-state index contributed by atoms with van der Waals surface area (Å²) in [6, 6.07) is 16.1. The Balaban J connectivity index is 1.31. The second-order valence-corrected chi connectivity index (χ2v) is 7.71. The van der Waals surface area contributed by atoms with Gasteiger partial charge in [0.05, 0.1) is 11.0 Å². The quantitative estimate of drug-likeness (QED) is 0.222. The highest BCUT2D eigenvalue weighted by atomic mass is 16.7. The van der Waals surface area contributed by atoms with Crippen LogP contribution in [0.3, 0.4) is 0 Å². The van der Waals surface area contributed by atoms with Crippen molar-refractivity contribution in [3.63, 3.8) is 0 Å². The fraction of sp³-hybridized carbons (Fsp3) is 0.308. The Morgan fingerprint density at radius 2 is 1.09 bits per heavy atom. The normalized spacial score (nSPS) is 11.1. The van der Waals surface area contributed by atoms with E-state index in [4.69, 9.17) is 19.6 Å². The molecule has 4 aromatic rings. The van der Waals surface area contributed by atoms with Gasteiger partial charge >= 0.3 is 0 Å². The van der Waals surface area contributed by atoms with Gasteiger partial charge in [-0.3, -0.25) is 0 Å². The third kappa shape index (κ3) is 4.85. The van der Waals surface area contributed by atoms with Crippen molar-refractivity contribution in [1.29, 1.82) is 0 Å². The molecule has 0 aliphatic heterocycles. The molecule has 166 valence electrons. The van der Waals surface area contributed by atoms with Gasteiger partial charge in [-0.25, -0.2) is 9.97 Å². The van der Waals surface area contributed by atoms with Gasteiger partial charge in [0.1, 0.15) is 35.9 Å². The van der Waals surface area contributed by atoms with Gasteiger partial charge in [-0.15, -0.1) is 0 Å². The zero-order valence-corrected chi connectivity index (χ0v) is 18.4. The SMILES string of the molecule is C=CCOn1c(CCCCCCc2nc3ccccc3n2OCC=C)nc2ccccc21. The monoisotopic (exact) mass is 430 g/mol. The zero-order chi connectivity index (χ0) is 22.2. The number of fused-ring (bicyclic) bond motifs is 2. The molecule has 0 bridgehead atoms. The highest BCUT2D eigenvalue weighted by Crippen LogP contribution is 2.19. The van der Waals surface area contributed by atoms with Crippen LogP contribution in [0.1, 0.15) is 37.3 Å². The van der Waals surface area contributed by atoms with Crippen molar-refractivity contribution < 1.29 is 9.68 Å². The van der Waals surface area contributed by atoms with Crippen molar-refractivity contribution in [2.75, 3.05) is 13.2 Å². The number of nitrogens with zero attached hydrogens (tertiary/aromatic N) is 4. The molecular formula is C26H30N4O2. The van der Waals surface area contributed by atoms with E-state index in [2.05, 4.69) is 13.2 Å². The Morgan fingerprint density at radius 3 is 1.53 bits per heavy atom. The largest absolute Gasteiger partial charge is 0.408 e. The lowest BCUT2D eigenvalue weighted by Gasteiger charge is -2.10. The first kappa shape index (κ1) is 21.7. The summed E-state index contributed by atoms with van der Waals surface area (Å²) in [5.74, 6) is 1.93. The molecule has 0 fully saturated rings. The maximum atomic E-state index is 5.85. The summed E-state index contributed by atoms with van der Waals surface area (Å²) in [7, 11) is 0. The van der Waals surface area contributed by atoms with Gasteiger partial charge in [0.15, 0.2) is 0 Å². The average molecular weight is 431 g/mol. The first-order valence-corrected chi connectivity index (χ1v) is 11.2. The molecular weight excluding hydrogens is 400 g/mol. The molecule has 0 spiro atoms. The molecule has 4 rings (SSSR count). The van der Waals surface area contributed by atoms with Crippen molar-refractivity contribution in [2.45, 2.75) is 38.5 Å². The second-order valence-electron chi connectivity index (χ2n) is 7.71. The molecule has 0 unspecified atom stereocenters. The molecule has 2 aromatic carbocycles. The van der Waals surface area contributed by atoms with Crippen molar-refractivity contribution in [3.05, 3.63) is 85.5 Å². The van der Waals surface area contributed by atoms with E-state index in [1.807, 2.05) is 58.0 Å². The third-order valence-electron chi connectivity index (χ3n) is 5.36. The Morgan fingerprint density at radius 1 is 0.656 bits per heavy atom. The number of unbranched alkanes of at least 4 members (excludes halogenated alkanes) is 3. The number of hydrogen-bond donors (Lipinski definition) is 0. The molecule has 0 saturated heterocycles. The van der Waals surface area contributed by atoms with Gasteiger partial charge in [0, 0.05) is 12.8 Å². The van der Waals surface area contributed by atoms with Gasteiger partial charge in [0.25, 0.3) is 0 Å². The summed E-state index contributed by atoms with van der Waals surface area (Å²) < 4.78 is 3.71. The fourth-order valence-electron chi connectivity index (χ4n) is 3.89. The molecule has 32 heavy (non-hydrogen) atoms. The summed E-state index contributed by atoms with van der Waals surface area (Å²) >= 11 is 0. The summed E-state index contributed by atoms with van der Waals surface area (Å²) in [6.07, 6.45) is 9.64. The fourth-order valence-corrected chi connectivity index (χ4v) is 3.89. The number of aryl methyl sites for hydroxylation is 2. The molecule has 0 aliphatic rings.